The largest absolute Gasteiger partial charge is 0.281 e. The van der Waals surface area contributed by atoms with Gasteiger partial charge in [-0.1, -0.05) is 41.0 Å². The standard InChI is InChI=1S/C16H11Cl2N5OS/c1-8-6-19-14-12-9(7-20-16(21-12)25-2)15(24)23(22(8)14)13-10(17)4-3-5-11(13)18/h3-7H,1-2H3. The van der Waals surface area contributed by atoms with E-state index >= 15 is 0 Å². The summed E-state index contributed by atoms with van der Waals surface area (Å²) in [5, 5.41) is 1.66. The number of aryl methyl sites for hydroxylation is 1. The summed E-state index contributed by atoms with van der Waals surface area (Å²) in [5.41, 5.74) is 1.89. The molecule has 0 unspecified atom stereocenters. The average molecular weight is 392 g/mol. The molecule has 0 amide bonds. The Morgan fingerprint density at radius 3 is 2.52 bits per heavy atom. The fourth-order valence-electron chi connectivity index (χ4n) is 2.73. The number of aromatic nitrogens is 5. The van der Waals surface area contributed by atoms with Crippen molar-refractivity contribution in [1.29, 1.82) is 0 Å². The van der Waals surface area contributed by atoms with E-state index in [-0.39, 0.29) is 5.56 Å². The first kappa shape index (κ1) is 16.4. The summed E-state index contributed by atoms with van der Waals surface area (Å²) in [4.78, 5) is 26.3. The van der Waals surface area contributed by atoms with Gasteiger partial charge in [0, 0.05) is 6.20 Å². The van der Waals surface area contributed by atoms with Gasteiger partial charge in [0.15, 0.2) is 10.8 Å². The highest BCUT2D eigenvalue weighted by Crippen LogP contribution is 2.29. The van der Waals surface area contributed by atoms with Crippen molar-refractivity contribution in [3.63, 3.8) is 0 Å². The Labute approximate surface area is 156 Å². The summed E-state index contributed by atoms with van der Waals surface area (Å²) in [5.74, 6) is 0. The van der Waals surface area contributed by atoms with E-state index in [1.54, 1.807) is 28.9 Å². The predicted molar refractivity (Wildman–Crippen MR) is 100 cm³/mol. The van der Waals surface area contributed by atoms with Crippen molar-refractivity contribution in [1.82, 2.24) is 24.1 Å². The number of hydrogen-bond donors (Lipinski definition) is 0. The van der Waals surface area contributed by atoms with Crippen LogP contribution in [-0.4, -0.2) is 30.4 Å². The van der Waals surface area contributed by atoms with Gasteiger partial charge in [-0.3, -0.25) is 4.79 Å². The van der Waals surface area contributed by atoms with Crippen LogP contribution in [0.4, 0.5) is 0 Å². The van der Waals surface area contributed by atoms with Crippen molar-refractivity contribution >= 4 is 51.5 Å². The van der Waals surface area contributed by atoms with Crippen LogP contribution in [0.2, 0.25) is 10.0 Å². The first-order valence-corrected chi connectivity index (χ1v) is 9.25. The number of nitrogens with zero attached hydrogens (tertiary/aromatic N) is 5. The third kappa shape index (κ3) is 2.42. The maximum absolute atomic E-state index is 13.2. The number of thioether (sulfide) groups is 1. The molecule has 0 saturated heterocycles. The molecule has 0 bridgehead atoms. The lowest BCUT2D eigenvalue weighted by atomic mass is 10.3. The van der Waals surface area contributed by atoms with Crippen LogP contribution >= 0.6 is 35.0 Å². The number of hydrogen-bond acceptors (Lipinski definition) is 5. The molecule has 3 heterocycles. The summed E-state index contributed by atoms with van der Waals surface area (Å²) in [7, 11) is 0. The van der Waals surface area contributed by atoms with Crippen LogP contribution < -0.4 is 5.56 Å². The Hall–Kier alpha value is -2.09. The van der Waals surface area contributed by atoms with Gasteiger partial charge in [-0.25, -0.2) is 24.1 Å². The van der Waals surface area contributed by atoms with Crippen LogP contribution in [0.5, 0.6) is 0 Å². The molecule has 0 spiro atoms. The van der Waals surface area contributed by atoms with Gasteiger partial charge in [0.25, 0.3) is 5.56 Å². The molecule has 4 rings (SSSR count). The SMILES string of the molecule is CSc1ncc2c(=O)n(-c3c(Cl)cccc3Cl)n3c(C)cnc3c2n1. The quantitative estimate of drug-likeness (QED) is 0.384. The smallest absolute Gasteiger partial charge is 0.267 e. The van der Waals surface area contributed by atoms with E-state index in [0.29, 0.717) is 37.4 Å². The van der Waals surface area contributed by atoms with E-state index in [1.807, 2.05) is 13.2 Å². The Morgan fingerprint density at radius 2 is 1.84 bits per heavy atom. The Morgan fingerprint density at radius 1 is 1.12 bits per heavy atom. The molecule has 1 aromatic carbocycles. The van der Waals surface area contributed by atoms with Crippen LogP contribution in [0.15, 0.2) is 40.5 Å². The van der Waals surface area contributed by atoms with Crippen molar-refractivity contribution in [2.75, 3.05) is 6.26 Å². The lowest BCUT2D eigenvalue weighted by Crippen LogP contribution is -2.26. The minimum atomic E-state index is -0.314. The zero-order chi connectivity index (χ0) is 17.7. The van der Waals surface area contributed by atoms with E-state index in [0.717, 1.165) is 5.69 Å². The lowest BCUT2D eigenvalue weighted by Gasteiger charge is -2.15. The topological polar surface area (TPSA) is 65.1 Å². The molecule has 0 aliphatic heterocycles. The molecule has 0 aliphatic rings. The maximum Gasteiger partial charge on any atom is 0.281 e. The second kappa shape index (κ2) is 6.01. The first-order chi connectivity index (χ1) is 12.0. The van der Waals surface area contributed by atoms with E-state index < -0.39 is 0 Å². The van der Waals surface area contributed by atoms with Crippen molar-refractivity contribution in [3.8, 4) is 5.69 Å². The highest BCUT2D eigenvalue weighted by Gasteiger charge is 2.20. The monoisotopic (exact) mass is 391 g/mol. The number of rotatable bonds is 2. The number of fused-ring (bicyclic) bond motifs is 3. The van der Waals surface area contributed by atoms with Crippen LogP contribution in [0.25, 0.3) is 22.2 Å². The number of halogens is 2. The van der Waals surface area contributed by atoms with Crippen LogP contribution in [0.1, 0.15) is 5.69 Å². The molecule has 9 heteroatoms. The van der Waals surface area contributed by atoms with Gasteiger partial charge in [-0.05, 0) is 25.3 Å². The summed E-state index contributed by atoms with van der Waals surface area (Å²) < 4.78 is 3.10. The van der Waals surface area contributed by atoms with Crippen molar-refractivity contribution < 1.29 is 0 Å². The van der Waals surface area contributed by atoms with Gasteiger partial charge >= 0.3 is 0 Å². The normalized spacial score (nSPS) is 11.5. The molecule has 6 nitrogen and oxygen atoms in total. The molecule has 0 radical (unpaired) electrons. The zero-order valence-electron chi connectivity index (χ0n) is 13.2. The van der Waals surface area contributed by atoms with Gasteiger partial charge in [0.1, 0.15) is 11.2 Å². The summed E-state index contributed by atoms with van der Waals surface area (Å²) in [6.45, 7) is 1.85. The molecule has 25 heavy (non-hydrogen) atoms. The van der Waals surface area contributed by atoms with Crippen molar-refractivity contribution in [2.24, 2.45) is 0 Å². The zero-order valence-corrected chi connectivity index (χ0v) is 15.5. The Balaban J connectivity index is 2.27. The lowest BCUT2D eigenvalue weighted by molar-refractivity contribution is 0.736. The molecule has 0 N–H and O–H groups in total. The molecular weight excluding hydrogens is 381 g/mol. The molecule has 0 atom stereocenters. The average Bonchev–Trinajstić information content (AvgIpc) is 2.98. The molecule has 3 aromatic heterocycles. The van der Waals surface area contributed by atoms with Gasteiger partial charge in [-0.2, -0.15) is 0 Å². The number of para-hydroxylation sites is 1. The van der Waals surface area contributed by atoms with Gasteiger partial charge in [-0.15, -0.1) is 0 Å². The molecule has 126 valence electrons. The summed E-state index contributed by atoms with van der Waals surface area (Å²) >= 11 is 14.1. The molecule has 0 fully saturated rings. The van der Waals surface area contributed by atoms with E-state index in [1.165, 1.54) is 22.6 Å². The fourth-order valence-corrected chi connectivity index (χ4v) is 3.63. The summed E-state index contributed by atoms with van der Waals surface area (Å²) in [6, 6.07) is 5.10. The second-order valence-corrected chi connectivity index (χ2v) is 6.93. The van der Waals surface area contributed by atoms with Crippen LogP contribution in [0, 0.1) is 6.92 Å². The van der Waals surface area contributed by atoms with E-state index in [4.69, 9.17) is 23.2 Å². The molecular formula is C16H11Cl2N5OS. The van der Waals surface area contributed by atoms with E-state index in [9.17, 15) is 4.79 Å². The van der Waals surface area contributed by atoms with Gasteiger partial charge in [0.2, 0.25) is 0 Å². The van der Waals surface area contributed by atoms with Crippen molar-refractivity contribution in [3.05, 3.63) is 56.7 Å². The highest BCUT2D eigenvalue weighted by atomic mass is 35.5. The second-order valence-electron chi connectivity index (χ2n) is 5.34. The molecule has 4 aromatic rings. The molecule has 0 aliphatic carbocycles. The van der Waals surface area contributed by atoms with Gasteiger partial charge < -0.3 is 0 Å². The van der Waals surface area contributed by atoms with Gasteiger partial charge in [0.05, 0.1) is 27.3 Å². The van der Waals surface area contributed by atoms with Crippen LogP contribution in [0.3, 0.4) is 0 Å². The fraction of sp³-hybridized carbons (Fsp3) is 0.125. The highest BCUT2D eigenvalue weighted by molar-refractivity contribution is 7.98. The third-order valence-corrected chi connectivity index (χ3v) is 5.01. The Kier molecular flexibility index (Phi) is 3.94. The predicted octanol–water partition coefficient (Wildman–Crippen LogP) is 3.77. The number of benzene rings is 1. The number of imidazole rings is 1. The van der Waals surface area contributed by atoms with Crippen LogP contribution in [-0.2, 0) is 0 Å². The van der Waals surface area contributed by atoms with E-state index in [2.05, 4.69) is 15.0 Å². The minimum Gasteiger partial charge on any atom is -0.267 e. The Bertz CT molecular complexity index is 1180. The maximum atomic E-state index is 13.2. The first-order valence-electron chi connectivity index (χ1n) is 7.27. The third-order valence-electron chi connectivity index (χ3n) is 3.84. The summed E-state index contributed by atoms with van der Waals surface area (Å²) in [6.07, 6.45) is 5.07. The molecule has 0 saturated carbocycles. The minimum absolute atomic E-state index is 0.314. The van der Waals surface area contributed by atoms with Crippen molar-refractivity contribution in [2.45, 2.75) is 12.1 Å².